The van der Waals surface area contributed by atoms with Crippen LogP contribution in [0.1, 0.15) is 23.2 Å². The van der Waals surface area contributed by atoms with Crippen LogP contribution in [0, 0.1) is 0 Å². The van der Waals surface area contributed by atoms with E-state index in [1.54, 1.807) is 24.3 Å². The van der Waals surface area contributed by atoms with E-state index in [2.05, 4.69) is 68.3 Å². The van der Waals surface area contributed by atoms with Crippen molar-refractivity contribution in [3.8, 4) is 5.88 Å². The average molecular weight is 587 g/mol. The lowest BCUT2D eigenvalue weighted by Crippen LogP contribution is -2.25. The van der Waals surface area contributed by atoms with Crippen LogP contribution >= 0.6 is 47.8 Å². The summed E-state index contributed by atoms with van der Waals surface area (Å²) in [5.74, 6) is -0.828. The predicted molar refractivity (Wildman–Crippen MR) is 121 cm³/mol. The summed E-state index contributed by atoms with van der Waals surface area (Å²) in [7, 11) is 0. The lowest BCUT2D eigenvalue weighted by atomic mass is 10.2. The van der Waals surface area contributed by atoms with Crippen LogP contribution in [0.25, 0.3) is 10.9 Å². The summed E-state index contributed by atoms with van der Waals surface area (Å²) in [5, 5.41) is 21.0. The lowest BCUT2D eigenvalue weighted by Gasteiger charge is -2.05. The van der Waals surface area contributed by atoms with Gasteiger partial charge in [-0.25, -0.2) is 0 Å². The van der Waals surface area contributed by atoms with Crippen LogP contribution in [0.4, 0.5) is 5.69 Å². The van der Waals surface area contributed by atoms with Gasteiger partial charge in [0.05, 0.1) is 11.1 Å². The second-order valence-corrected chi connectivity index (χ2v) is 8.69. The number of aromatic amines is 1. The molecule has 3 N–H and O–H groups in total. The van der Waals surface area contributed by atoms with Gasteiger partial charge in [-0.05, 0) is 62.5 Å². The third kappa shape index (κ3) is 5.31. The first-order chi connectivity index (χ1) is 13.9. The Kier molecular flexibility index (Phi) is 7.20. The summed E-state index contributed by atoms with van der Waals surface area (Å²) in [5.41, 5.74) is 1.38. The molecule has 0 radical (unpaired) electrons. The zero-order chi connectivity index (χ0) is 21.0. The van der Waals surface area contributed by atoms with E-state index in [0.29, 0.717) is 33.9 Å². The maximum absolute atomic E-state index is 12.1. The summed E-state index contributed by atoms with van der Waals surface area (Å²) < 4.78 is 2.24. The average Bonchev–Trinajstić information content (AvgIpc) is 2.99. The van der Waals surface area contributed by atoms with Gasteiger partial charge >= 0.3 is 0 Å². The number of hydrogen-bond acceptors (Lipinski definition) is 4. The molecule has 0 saturated carbocycles. The van der Waals surface area contributed by atoms with E-state index in [-0.39, 0.29) is 23.9 Å². The van der Waals surface area contributed by atoms with Crippen LogP contribution in [0.3, 0.4) is 0 Å². The molecule has 150 valence electrons. The van der Waals surface area contributed by atoms with E-state index in [9.17, 15) is 14.7 Å². The van der Waals surface area contributed by atoms with E-state index in [1.807, 2.05) is 12.1 Å². The SMILES string of the molecule is O=C(CCCNC(=O)c1ccccc1Br)N=Nc1c(O)[nH]c2c(Br)cc(Br)cc12. The number of nitrogens with zero attached hydrogens (tertiary/aromatic N) is 2. The van der Waals surface area contributed by atoms with Crippen molar-refractivity contribution >= 4 is 76.2 Å². The first kappa shape index (κ1) is 21.7. The second-order valence-electron chi connectivity index (χ2n) is 6.07. The van der Waals surface area contributed by atoms with Crippen LogP contribution in [0.5, 0.6) is 5.88 Å². The van der Waals surface area contributed by atoms with Crippen LogP contribution in [-0.2, 0) is 4.79 Å². The first-order valence-electron chi connectivity index (χ1n) is 8.54. The van der Waals surface area contributed by atoms with Crippen molar-refractivity contribution in [2.75, 3.05) is 6.54 Å². The molecule has 1 aromatic heterocycles. The molecule has 1 heterocycles. The molecular weight excluding hydrogens is 572 g/mol. The maximum Gasteiger partial charge on any atom is 0.264 e. The molecule has 0 aliphatic carbocycles. The maximum atomic E-state index is 12.1. The summed E-state index contributed by atoms with van der Waals surface area (Å²) in [6.45, 7) is 0.333. The number of carbonyl (C=O) groups excluding carboxylic acids is 2. The van der Waals surface area contributed by atoms with Crippen LogP contribution in [0.2, 0.25) is 0 Å². The van der Waals surface area contributed by atoms with E-state index < -0.39 is 5.91 Å². The highest BCUT2D eigenvalue weighted by molar-refractivity contribution is 9.11. The molecule has 0 aliphatic rings. The highest BCUT2D eigenvalue weighted by Crippen LogP contribution is 2.40. The number of nitrogens with one attached hydrogen (secondary N) is 2. The third-order valence-corrected chi connectivity index (χ3v) is 5.79. The largest absolute Gasteiger partial charge is 0.493 e. The molecule has 0 fully saturated rings. The van der Waals surface area contributed by atoms with Crippen molar-refractivity contribution in [1.82, 2.24) is 10.3 Å². The second kappa shape index (κ2) is 9.64. The number of rotatable bonds is 6. The topological polar surface area (TPSA) is 107 Å². The van der Waals surface area contributed by atoms with E-state index in [1.165, 1.54) is 0 Å². The van der Waals surface area contributed by atoms with Crippen molar-refractivity contribution in [1.29, 1.82) is 0 Å². The molecule has 0 unspecified atom stereocenters. The molecule has 3 aromatic rings. The molecule has 0 atom stereocenters. The molecule has 7 nitrogen and oxygen atoms in total. The molecule has 2 amide bonds. The number of hydrogen-bond donors (Lipinski definition) is 3. The molecule has 0 saturated heterocycles. The Morgan fingerprint density at radius 3 is 2.62 bits per heavy atom. The molecule has 3 rings (SSSR count). The fourth-order valence-electron chi connectivity index (χ4n) is 2.63. The van der Waals surface area contributed by atoms with Gasteiger partial charge in [0.1, 0.15) is 0 Å². The van der Waals surface area contributed by atoms with Gasteiger partial charge in [0.25, 0.3) is 11.8 Å². The molecule has 10 heteroatoms. The number of aromatic hydroxyl groups is 1. The normalized spacial score (nSPS) is 11.3. The molecule has 0 bridgehead atoms. The van der Waals surface area contributed by atoms with Crippen molar-refractivity contribution < 1.29 is 14.7 Å². The van der Waals surface area contributed by atoms with Gasteiger partial charge in [-0.2, -0.15) is 0 Å². The smallest absolute Gasteiger partial charge is 0.264 e. The number of halogens is 3. The van der Waals surface area contributed by atoms with Gasteiger partial charge in [-0.15, -0.1) is 10.2 Å². The monoisotopic (exact) mass is 584 g/mol. The van der Waals surface area contributed by atoms with Gasteiger partial charge < -0.3 is 15.4 Å². The van der Waals surface area contributed by atoms with Gasteiger partial charge in [-0.3, -0.25) is 9.59 Å². The Morgan fingerprint density at radius 1 is 1.10 bits per heavy atom. The number of H-pyrrole nitrogens is 1. The van der Waals surface area contributed by atoms with E-state index in [0.717, 1.165) is 8.95 Å². The van der Waals surface area contributed by atoms with Gasteiger partial charge in [0.2, 0.25) is 5.88 Å². The zero-order valence-corrected chi connectivity index (χ0v) is 19.6. The number of benzene rings is 2. The molecule has 29 heavy (non-hydrogen) atoms. The van der Waals surface area contributed by atoms with E-state index in [4.69, 9.17) is 0 Å². The number of azo groups is 1. The number of fused-ring (bicyclic) bond motifs is 1. The summed E-state index contributed by atoms with van der Waals surface area (Å²) in [6, 6.07) is 10.7. The van der Waals surface area contributed by atoms with Gasteiger partial charge in [0.15, 0.2) is 5.69 Å². The van der Waals surface area contributed by atoms with Crippen molar-refractivity contribution in [3.05, 3.63) is 55.4 Å². The van der Waals surface area contributed by atoms with Crippen LogP contribution in [-0.4, -0.2) is 28.4 Å². The van der Waals surface area contributed by atoms with Crippen molar-refractivity contribution in [3.63, 3.8) is 0 Å². The predicted octanol–water partition coefficient (Wildman–Crippen LogP) is 5.98. The molecule has 2 aromatic carbocycles. The minimum absolute atomic E-state index is 0.121. The van der Waals surface area contributed by atoms with E-state index >= 15 is 0 Å². The number of amides is 2. The third-order valence-electron chi connectivity index (χ3n) is 4.01. The molecule has 0 spiro atoms. The van der Waals surface area contributed by atoms with Crippen LogP contribution < -0.4 is 5.32 Å². The molecular formula is C19H15Br3N4O3. The first-order valence-corrected chi connectivity index (χ1v) is 10.9. The Bertz CT molecular complexity index is 1110. The summed E-state index contributed by atoms with van der Waals surface area (Å²) >= 11 is 10.1. The Morgan fingerprint density at radius 2 is 1.86 bits per heavy atom. The van der Waals surface area contributed by atoms with Crippen molar-refractivity contribution in [2.24, 2.45) is 10.2 Å². The highest BCUT2D eigenvalue weighted by atomic mass is 79.9. The Balaban J connectivity index is 1.56. The minimum atomic E-state index is -0.442. The summed E-state index contributed by atoms with van der Waals surface area (Å²) in [4.78, 5) is 26.9. The standard InChI is InChI=1S/C19H15Br3N4O3/c20-10-8-12-16(14(22)9-10)24-19(29)17(12)26-25-15(27)6-3-7-23-18(28)11-4-1-2-5-13(11)21/h1-2,4-5,8-9,24,29H,3,6-7H2,(H,23,28). The van der Waals surface area contributed by atoms with Gasteiger partial charge in [0, 0.05) is 31.8 Å². The summed E-state index contributed by atoms with van der Waals surface area (Å²) in [6.07, 6.45) is 0.543. The number of aromatic nitrogens is 1. The van der Waals surface area contributed by atoms with Crippen LogP contribution in [0.15, 0.2) is 60.0 Å². The lowest BCUT2D eigenvalue weighted by molar-refractivity contribution is -0.118. The quantitative estimate of drug-likeness (QED) is 0.244. The Hall–Kier alpha value is -2.04. The number of carbonyl (C=O) groups is 2. The fourth-order valence-corrected chi connectivity index (χ4v) is 4.42. The highest BCUT2D eigenvalue weighted by Gasteiger charge is 2.14. The minimum Gasteiger partial charge on any atom is -0.493 e. The zero-order valence-electron chi connectivity index (χ0n) is 14.9. The fraction of sp³-hybridized carbons (Fsp3) is 0.158. The molecule has 0 aliphatic heterocycles. The van der Waals surface area contributed by atoms with Gasteiger partial charge in [-0.1, -0.05) is 28.1 Å². The Labute approximate surface area is 191 Å². The van der Waals surface area contributed by atoms with Crippen molar-refractivity contribution in [2.45, 2.75) is 12.8 Å².